The number of rotatable bonds is 8. The topological polar surface area (TPSA) is 39.1 Å². The van der Waals surface area contributed by atoms with Gasteiger partial charge in [-0.15, -0.1) is 0 Å². The second-order valence-corrected chi connectivity index (χ2v) is 4.16. The normalized spacial score (nSPS) is 12.9. The van der Waals surface area contributed by atoms with Gasteiger partial charge in [0.25, 0.3) is 0 Å². The number of aryl methyl sites for hydroxylation is 1. The number of hydrogen-bond donors (Lipinski definition) is 1. The van der Waals surface area contributed by atoms with Crippen molar-refractivity contribution in [1.29, 1.82) is 0 Å². The first-order valence-electron chi connectivity index (χ1n) is 5.94. The van der Waals surface area contributed by atoms with Crippen molar-refractivity contribution in [3.8, 4) is 0 Å². The molecule has 1 unspecified atom stereocenters. The average molecular weight is 225 g/mol. The first-order valence-corrected chi connectivity index (χ1v) is 5.94. The fourth-order valence-corrected chi connectivity index (χ4v) is 1.71. The highest BCUT2D eigenvalue weighted by Crippen LogP contribution is 2.09. The van der Waals surface area contributed by atoms with E-state index < -0.39 is 0 Å². The van der Waals surface area contributed by atoms with E-state index in [1.54, 1.807) is 7.11 Å². The minimum Gasteiger partial charge on any atom is -0.383 e. The second kappa shape index (κ2) is 7.41. The van der Waals surface area contributed by atoms with Crippen LogP contribution in [0.25, 0.3) is 0 Å². The van der Waals surface area contributed by atoms with Crippen molar-refractivity contribution in [2.24, 2.45) is 13.0 Å². The van der Waals surface area contributed by atoms with Crippen molar-refractivity contribution in [2.45, 2.75) is 19.8 Å². The van der Waals surface area contributed by atoms with Crippen LogP contribution in [-0.2, 0) is 18.2 Å². The van der Waals surface area contributed by atoms with Gasteiger partial charge in [0, 0.05) is 26.9 Å². The number of ether oxygens (including phenoxy) is 1. The molecule has 1 rings (SSSR count). The Hall–Kier alpha value is -0.870. The van der Waals surface area contributed by atoms with E-state index in [1.807, 2.05) is 17.9 Å². The van der Waals surface area contributed by atoms with Gasteiger partial charge in [0.05, 0.1) is 12.3 Å². The fraction of sp³-hybridized carbons (Fsp3) is 0.750. The molecule has 1 N–H and O–H groups in total. The van der Waals surface area contributed by atoms with E-state index in [2.05, 4.69) is 23.4 Å². The quantitative estimate of drug-likeness (QED) is 0.676. The summed E-state index contributed by atoms with van der Waals surface area (Å²) >= 11 is 0. The summed E-state index contributed by atoms with van der Waals surface area (Å²) in [6, 6.07) is 2.10. The maximum atomic E-state index is 5.00. The van der Waals surface area contributed by atoms with Crippen LogP contribution in [0, 0.1) is 5.92 Å². The molecular formula is C12H23N3O. The van der Waals surface area contributed by atoms with Crippen molar-refractivity contribution in [2.75, 3.05) is 26.8 Å². The van der Waals surface area contributed by atoms with Crippen molar-refractivity contribution < 1.29 is 4.74 Å². The fourth-order valence-electron chi connectivity index (χ4n) is 1.71. The van der Waals surface area contributed by atoms with Gasteiger partial charge in [-0.2, -0.15) is 5.10 Å². The average Bonchev–Trinajstić information content (AvgIpc) is 2.68. The Morgan fingerprint density at radius 2 is 2.38 bits per heavy atom. The lowest BCUT2D eigenvalue weighted by Crippen LogP contribution is -2.27. The van der Waals surface area contributed by atoms with Crippen molar-refractivity contribution in [1.82, 2.24) is 15.1 Å². The van der Waals surface area contributed by atoms with E-state index >= 15 is 0 Å². The summed E-state index contributed by atoms with van der Waals surface area (Å²) in [5, 5.41) is 7.81. The molecule has 0 fully saturated rings. The molecule has 0 aliphatic carbocycles. The zero-order valence-corrected chi connectivity index (χ0v) is 10.6. The van der Waals surface area contributed by atoms with Crippen LogP contribution in [0.4, 0.5) is 0 Å². The lowest BCUT2D eigenvalue weighted by atomic mass is 10.0. The summed E-state index contributed by atoms with van der Waals surface area (Å²) in [4.78, 5) is 0. The summed E-state index contributed by atoms with van der Waals surface area (Å²) in [5.41, 5.74) is 1.18. The molecule has 0 aliphatic heterocycles. The third kappa shape index (κ3) is 4.77. The summed E-state index contributed by atoms with van der Waals surface area (Å²) in [5.74, 6) is 0.659. The van der Waals surface area contributed by atoms with Crippen LogP contribution in [0.1, 0.15) is 19.0 Å². The van der Waals surface area contributed by atoms with Crippen LogP contribution in [0.2, 0.25) is 0 Å². The molecule has 0 saturated carbocycles. The van der Waals surface area contributed by atoms with Gasteiger partial charge in [-0.1, -0.05) is 13.3 Å². The van der Waals surface area contributed by atoms with Gasteiger partial charge in [-0.05, 0) is 24.9 Å². The van der Waals surface area contributed by atoms with Gasteiger partial charge in [0.15, 0.2) is 0 Å². The minimum absolute atomic E-state index is 0.659. The molecule has 16 heavy (non-hydrogen) atoms. The smallest absolute Gasteiger partial charge is 0.0627 e. The van der Waals surface area contributed by atoms with E-state index in [0.717, 1.165) is 26.1 Å². The zero-order valence-electron chi connectivity index (χ0n) is 10.6. The Morgan fingerprint density at radius 1 is 1.56 bits per heavy atom. The molecule has 1 heterocycles. The molecule has 1 aromatic rings. The molecule has 92 valence electrons. The molecule has 1 aromatic heterocycles. The number of hydrogen-bond acceptors (Lipinski definition) is 3. The molecule has 0 amide bonds. The van der Waals surface area contributed by atoms with Gasteiger partial charge in [0.2, 0.25) is 0 Å². The Kier molecular flexibility index (Phi) is 6.11. The van der Waals surface area contributed by atoms with Crippen LogP contribution in [-0.4, -0.2) is 36.6 Å². The van der Waals surface area contributed by atoms with Crippen molar-refractivity contribution in [3.05, 3.63) is 18.0 Å². The van der Waals surface area contributed by atoms with E-state index in [0.29, 0.717) is 5.92 Å². The molecule has 0 bridgehead atoms. The van der Waals surface area contributed by atoms with Crippen LogP contribution in [0.15, 0.2) is 12.3 Å². The lowest BCUT2D eigenvalue weighted by Gasteiger charge is -2.14. The van der Waals surface area contributed by atoms with Crippen LogP contribution >= 0.6 is 0 Å². The third-order valence-electron chi connectivity index (χ3n) is 2.76. The molecule has 0 radical (unpaired) electrons. The van der Waals surface area contributed by atoms with Crippen molar-refractivity contribution in [3.63, 3.8) is 0 Å². The standard InChI is InChI=1S/C12H23N3O/c1-4-11(10-13-6-8-16-3)9-12-5-7-15(2)14-12/h5,7,11,13H,4,6,8-10H2,1-3H3. The van der Waals surface area contributed by atoms with Gasteiger partial charge in [-0.25, -0.2) is 0 Å². The Balaban J connectivity index is 2.26. The lowest BCUT2D eigenvalue weighted by molar-refractivity contribution is 0.197. The first kappa shape index (κ1) is 13.2. The van der Waals surface area contributed by atoms with E-state index in [9.17, 15) is 0 Å². The van der Waals surface area contributed by atoms with Crippen molar-refractivity contribution >= 4 is 0 Å². The molecule has 0 spiro atoms. The monoisotopic (exact) mass is 225 g/mol. The highest BCUT2D eigenvalue weighted by molar-refractivity contribution is 5.00. The largest absolute Gasteiger partial charge is 0.383 e. The molecular weight excluding hydrogens is 202 g/mol. The van der Waals surface area contributed by atoms with Gasteiger partial charge >= 0.3 is 0 Å². The van der Waals surface area contributed by atoms with Crippen LogP contribution in [0.3, 0.4) is 0 Å². The maximum Gasteiger partial charge on any atom is 0.0627 e. The van der Waals surface area contributed by atoms with E-state index in [-0.39, 0.29) is 0 Å². The summed E-state index contributed by atoms with van der Waals surface area (Å²) in [6.07, 6.45) is 4.23. The molecule has 0 aromatic carbocycles. The van der Waals surface area contributed by atoms with Crippen LogP contribution < -0.4 is 5.32 Å². The van der Waals surface area contributed by atoms with Gasteiger partial charge in [-0.3, -0.25) is 4.68 Å². The predicted octanol–water partition coefficient (Wildman–Crippen LogP) is 1.22. The Morgan fingerprint density at radius 3 is 2.94 bits per heavy atom. The maximum absolute atomic E-state index is 5.00. The first-order chi connectivity index (χ1) is 7.76. The highest BCUT2D eigenvalue weighted by Gasteiger charge is 2.08. The van der Waals surface area contributed by atoms with Crippen LogP contribution in [0.5, 0.6) is 0 Å². The third-order valence-corrected chi connectivity index (χ3v) is 2.76. The zero-order chi connectivity index (χ0) is 11.8. The Bertz CT molecular complexity index is 286. The van der Waals surface area contributed by atoms with E-state index in [1.165, 1.54) is 12.1 Å². The number of nitrogens with one attached hydrogen (secondary N) is 1. The summed E-state index contributed by atoms with van der Waals surface area (Å²) < 4.78 is 6.86. The van der Waals surface area contributed by atoms with Gasteiger partial charge in [0.1, 0.15) is 0 Å². The van der Waals surface area contributed by atoms with Gasteiger partial charge < -0.3 is 10.1 Å². The molecule has 0 aliphatic rings. The number of methoxy groups -OCH3 is 1. The summed E-state index contributed by atoms with van der Waals surface area (Å²) in [6.45, 7) is 4.97. The predicted molar refractivity (Wildman–Crippen MR) is 65.4 cm³/mol. The SMILES string of the molecule is CCC(CNCCOC)Cc1ccn(C)n1. The second-order valence-electron chi connectivity index (χ2n) is 4.16. The molecule has 4 nitrogen and oxygen atoms in total. The minimum atomic E-state index is 0.659. The summed E-state index contributed by atoms with van der Waals surface area (Å²) in [7, 11) is 3.69. The van der Waals surface area contributed by atoms with E-state index in [4.69, 9.17) is 4.74 Å². The molecule has 4 heteroatoms. The molecule has 0 saturated heterocycles. The highest BCUT2D eigenvalue weighted by atomic mass is 16.5. The number of aromatic nitrogens is 2. The molecule has 1 atom stereocenters. The number of nitrogens with zero attached hydrogens (tertiary/aromatic N) is 2. The Labute approximate surface area is 98.0 Å².